The van der Waals surface area contributed by atoms with Gasteiger partial charge in [-0.25, -0.2) is 18.1 Å². The van der Waals surface area contributed by atoms with Crippen molar-refractivity contribution in [3.8, 4) is 0 Å². The van der Waals surface area contributed by atoms with Crippen molar-refractivity contribution in [1.82, 2.24) is 9.71 Å². The molecule has 0 spiro atoms. The van der Waals surface area contributed by atoms with Gasteiger partial charge in [-0.2, -0.15) is 0 Å². The first-order chi connectivity index (χ1) is 8.49. The molecule has 5 nitrogen and oxygen atoms in total. The second-order valence-electron chi connectivity index (χ2n) is 3.93. The zero-order chi connectivity index (χ0) is 13.2. The Morgan fingerprint density at radius 3 is 3.06 bits per heavy atom. The first-order valence-corrected chi connectivity index (χ1v) is 8.07. The fourth-order valence-electron chi connectivity index (χ4n) is 1.68. The van der Waals surface area contributed by atoms with Crippen molar-refractivity contribution < 1.29 is 13.2 Å². The van der Waals surface area contributed by atoms with Gasteiger partial charge in [-0.1, -0.05) is 11.6 Å². The highest BCUT2D eigenvalue weighted by Gasteiger charge is 2.22. The number of aromatic nitrogens is 1. The summed E-state index contributed by atoms with van der Waals surface area (Å²) in [6, 6.07) is 1.42. The van der Waals surface area contributed by atoms with Gasteiger partial charge in [-0.05, 0) is 34.8 Å². The maximum absolute atomic E-state index is 12.0. The topological polar surface area (TPSA) is 68.3 Å². The molecule has 0 saturated carbocycles. The number of rotatable bonds is 4. The molecular weight excluding hydrogens is 344 g/mol. The largest absolute Gasteiger partial charge is 0.377 e. The van der Waals surface area contributed by atoms with Crippen LogP contribution in [-0.4, -0.2) is 32.7 Å². The summed E-state index contributed by atoms with van der Waals surface area (Å²) in [5, 5.41) is -0.0435. The monoisotopic (exact) mass is 354 g/mol. The standard InChI is InChI=1S/C10H12BrClN2O3S/c11-7-4-9(10(12)13-5-7)18(15,16)14-6-8-2-1-3-17-8/h4-5,8,14H,1-3,6H2. The zero-order valence-electron chi connectivity index (χ0n) is 9.40. The highest BCUT2D eigenvalue weighted by Crippen LogP contribution is 2.22. The number of nitrogens with zero attached hydrogens (tertiary/aromatic N) is 1. The Labute approximate surface area is 119 Å². The highest BCUT2D eigenvalue weighted by atomic mass is 79.9. The van der Waals surface area contributed by atoms with Crippen LogP contribution in [0.3, 0.4) is 0 Å². The van der Waals surface area contributed by atoms with Gasteiger partial charge in [-0.15, -0.1) is 0 Å². The number of nitrogens with one attached hydrogen (secondary N) is 1. The van der Waals surface area contributed by atoms with Gasteiger partial charge < -0.3 is 4.74 Å². The van der Waals surface area contributed by atoms with Crippen molar-refractivity contribution in [1.29, 1.82) is 0 Å². The minimum absolute atomic E-state index is 0.0310. The zero-order valence-corrected chi connectivity index (χ0v) is 12.6. The lowest BCUT2D eigenvalue weighted by Crippen LogP contribution is -2.32. The lowest BCUT2D eigenvalue weighted by atomic mass is 10.2. The van der Waals surface area contributed by atoms with Crippen molar-refractivity contribution in [2.45, 2.75) is 23.8 Å². The summed E-state index contributed by atoms with van der Waals surface area (Å²) in [5.74, 6) is 0. The quantitative estimate of drug-likeness (QED) is 0.838. The van der Waals surface area contributed by atoms with Gasteiger partial charge in [0, 0.05) is 23.8 Å². The molecule has 1 N–H and O–H groups in total. The summed E-state index contributed by atoms with van der Waals surface area (Å²) in [4.78, 5) is 3.76. The van der Waals surface area contributed by atoms with Crippen molar-refractivity contribution in [2.24, 2.45) is 0 Å². The molecule has 0 amide bonds. The fourth-order valence-corrected chi connectivity index (χ4v) is 3.69. The van der Waals surface area contributed by atoms with Crippen molar-refractivity contribution in [3.05, 3.63) is 21.9 Å². The molecule has 18 heavy (non-hydrogen) atoms. The van der Waals surface area contributed by atoms with Crippen LogP contribution >= 0.6 is 27.5 Å². The first kappa shape index (κ1) is 14.2. The van der Waals surface area contributed by atoms with Crippen LogP contribution in [0.1, 0.15) is 12.8 Å². The van der Waals surface area contributed by atoms with Gasteiger partial charge in [-0.3, -0.25) is 0 Å². The van der Waals surface area contributed by atoms with E-state index in [9.17, 15) is 8.42 Å². The van der Waals surface area contributed by atoms with E-state index in [-0.39, 0.29) is 22.7 Å². The molecule has 0 radical (unpaired) electrons. The predicted molar refractivity (Wildman–Crippen MR) is 71.1 cm³/mol. The molecule has 0 aliphatic carbocycles. The molecule has 1 aromatic heterocycles. The molecule has 1 saturated heterocycles. The van der Waals surface area contributed by atoms with E-state index < -0.39 is 10.0 Å². The van der Waals surface area contributed by atoms with Gasteiger partial charge in [0.25, 0.3) is 0 Å². The second kappa shape index (κ2) is 5.83. The summed E-state index contributed by atoms with van der Waals surface area (Å²) in [7, 11) is -3.66. The van der Waals surface area contributed by atoms with Crippen LogP contribution in [0.25, 0.3) is 0 Å². The van der Waals surface area contributed by atoms with Gasteiger partial charge in [0.05, 0.1) is 6.10 Å². The van der Waals surface area contributed by atoms with Crippen molar-refractivity contribution in [2.75, 3.05) is 13.2 Å². The Morgan fingerprint density at radius 1 is 1.61 bits per heavy atom. The Morgan fingerprint density at radius 2 is 2.39 bits per heavy atom. The molecule has 0 bridgehead atoms. The average molecular weight is 356 g/mol. The molecule has 2 rings (SSSR count). The van der Waals surface area contributed by atoms with E-state index in [4.69, 9.17) is 16.3 Å². The summed E-state index contributed by atoms with van der Waals surface area (Å²) in [6.07, 6.45) is 3.22. The van der Waals surface area contributed by atoms with E-state index in [1.807, 2.05) is 0 Å². The van der Waals surface area contributed by atoms with E-state index in [2.05, 4.69) is 25.6 Å². The Bertz CT molecular complexity index is 532. The van der Waals surface area contributed by atoms with Gasteiger partial charge in [0.1, 0.15) is 10.0 Å². The van der Waals surface area contributed by atoms with E-state index in [1.54, 1.807) is 0 Å². The smallest absolute Gasteiger partial charge is 0.243 e. The summed E-state index contributed by atoms with van der Waals surface area (Å²) < 4.78 is 32.5. The van der Waals surface area contributed by atoms with Crippen molar-refractivity contribution >= 4 is 37.6 Å². The van der Waals surface area contributed by atoms with Crippen LogP contribution < -0.4 is 4.72 Å². The Balaban J connectivity index is 2.12. The Kier molecular flexibility index (Phi) is 4.60. The van der Waals surface area contributed by atoms with E-state index >= 15 is 0 Å². The lowest BCUT2D eigenvalue weighted by Gasteiger charge is -2.12. The summed E-state index contributed by atoms with van der Waals surface area (Å²) in [5.41, 5.74) is 0. The molecule has 0 aromatic carbocycles. The molecule has 1 unspecified atom stereocenters. The molecule has 8 heteroatoms. The number of sulfonamides is 1. The maximum Gasteiger partial charge on any atom is 0.243 e. The fraction of sp³-hybridized carbons (Fsp3) is 0.500. The van der Waals surface area contributed by atoms with Crippen LogP contribution in [0.15, 0.2) is 21.6 Å². The minimum atomic E-state index is -3.66. The van der Waals surface area contributed by atoms with Crippen LogP contribution in [-0.2, 0) is 14.8 Å². The molecular formula is C10H12BrClN2O3S. The number of halogens is 2. The summed E-state index contributed by atoms with van der Waals surface area (Å²) in [6.45, 7) is 0.941. The molecule has 1 fully saturated rings. The lowest BCUT2D eigenvalue weighted by molar-refractivity contribution is 0.114. The number of hydrogen-bond acceptors (Lipinski definition) is 4. The Hall–Kier alpha value is -0.210. The third-order valence-corrected chi connectivity index (χ3v) is 4.87. The van der Waals surface area contributed by atoms with E-state index in [0.717, 1.165) is 12.8 Å². The van der Waals surface area contributed by atoms with Gasteiger partial charge in [0.2, 0.25) is 10.0 Å². The molecule has 100 valence electrons. The normalized spacial score (nSPS) is 20.2. The van der Waals surface area contributed by atoms with E-state index in [0.29, 0.717) is 11.1 Å². The van der Waals surface area contributed by atoms with Crippen LogP contribution in [0.4, 0.5) is 0 Å². The number of pyridine rings is 1. The molecule has 2 heterocycles. The van der Waals surface area contributed by atoms with Gasteiger partial charge in [0.15, 0.2) is 0 Å². The highest BCUT2D eigenvalue weighted by molar-refractivity contribution is 9.10. The third-order valence-electron chi connectivity index (χ3n) is 2.59. The first-order valence-electron chi connectivity index (χ1n) is 5.41. The number of hydrogen-bond donors (Lipinski definition) is 1. The molecule has 1 aliphatic rings. The number of ether oxygens (including phenoxy) is 1. The van der Waals surface area contributed by atoms with Crippen molar-refractivity contribution in [3.63, 3.8) is 0 Å². The SMILES string of the molecule is O=S(=O)(NCC1CCCO1)c1cc(Br)cnc1Cl. The minimum Gasteiger partial charge on any atom is -0.377 e. The maximum atomic E-state index is 12.0. The molecule has 1 aromatic rings. The third kappa shape index (κ3) is 3.42. The van der Waals surface area contributed by atoms with Crippen LogP contribution in [0.2, 0.25) is 5.15 Å². The van der Waals surface area contributed by atoms with Crippen LogP contribution in [0.5, 0.6) is 0 Å². The molecule has 1 aliphatic heterocycles. The predicted octanol–water partition coefficient (Wildman–Crippen LogP) is 1.95. The summed E-state index contributed by atoms with van der Waals surface area (Å²) >= 11 is 8.96. The van der Waals surface area contributed by atoms with Crippen LogP contribution in [0, 0.1) is 0 Å². The molecule has 1 atom stereocenters. The van der Waals surface area contributed by atoms with Gasteiger partial charge >= 0.3 is 0 Å². The second-order valence-corrected chi connectivity index (χ2v) is 6.94. The van der Waals surface area contributed by atoms with E-state index in [1.165, 1.54) is 12.3 Å². The average Bonchev–Trinajstić information content (AvgIpc) is 2.83.